The van der Waals surface area contributed by atoms with Crippen molar-refractivity contribution in [1.82, 2.24) is 15.1 Å². The summed E-state index contributed by atoms with van der Waals surface area (Å²) in [6.07, 6.45) is 5.86. The lowest BCUT2D eigenvalue weighted by Crippen LogP contribution is -2.53. The molecule has 144 valence electrons. The van der Waals surface area contributed by atoms with Crippen LogP contribution in [0, 0.1) is 5.92 Å². The van der Waals surface area contributed by atoms with E-state index < -0.39 is 0 Å². The van der Waals surface area contributed by atoms with Gasteiger partial charge in [-0.2, -0.15) is 0 Å². The monoisotopic (exact) mass is 352 g/mol. The van der Waals surface area contributed by atoms with E-state index in [4.69, 9.17) is 4.74 Å². The summed E-state index contributed by atoms with van der Waals surface area (Å²) in [6, 6.07) is 1.15. The minimum atomic E-state index is -0.0711. The van der Waals surface area contributed by atoms with Crippen LogP contribution in [0.25, 0.3) is 0 Å². The number of piperidine rings is 2. The second-order valence-corrected chi connectivity index (χ2v) is 7.40. The average Bonchev–Trinajstić information content (AvgIpc) is 2.63. The molecule has 1 N–H and O–H groups in total. The molecule has 0 saturated carbocycles. The summed E-state index contributed by atoms with van der Waals surface area (Å²) in [5, 5.41) is 3.53. The number of guanidine groups is 1. The van der Waals surface area contributed by atoms with Crippen molar-refractivity contribution in [3.63, 3.8) is 0 Å². The van der Waals surface area contributed by atoms with E-state index in [0.717, 1.165) is 31.9 Å². The van der Waals surface area contributed by atoms with Crippen LogP contribution in [0.5, 0.6) is 0 Å². The fraction of sp³-hybridized carbons (Fsp3) is 0.895. The molecule has 0 aromatic rings. The summed E-state index contributed by atoms with van der Waals surface area (Å²) < 4.78 is 5.20. The number of ether oxygens (including phenoxy) is 1. The van der Waals surface area contributed by atoms with E-state index in [1.807, 2.05) is 14.0 Å². The van der Waals surface area contributed by atoms with Gasteiger partial charge in [-0.3, -0.25) is 14.7 Å². The van der Waals surface area contributed by atoms with Gasteiger partial charge in [0.15, 0.2) is 5.96 Å². The van der Waals surface area contributed by atoms with Crippen molar-refractivity contribution in [2.75, 3.05) is 39.8 Å². The number of rotatable bonds is 5. The number of hydrogen-bond donors (Lipinski definition) is 1. The summed E-state index contributed by atoms with van der Waals surface area (Å²) in [5.41, 5.74) is 0. The number of likely N-dealkylation sites (tertiary alicyclic amines) is 2. The van der Waals surface area contributed by atoms with Gasteiger partial charge < -0.3 is 15.0 Å². The van der Waals surface area contributed by atoms with E-state index in [1.54, 1.807) is 0 Å². The van der Waals surface area contributed by atoms with Crippen LogP contribution in [-0.2, 0) is 9.53 Å². The summed E-state index contributed by atoms with van der Waals surface area (Å²) in [7, 11) is 1.82. The first-order chi connectivity index (χ1) is 12.1. The molecule has 2 aliphatic rings. The van der Waals surface area contributed by atoms with Crippen molar-refractivity contribution in [1.29, 1.82) is 0 Å². The third-order valence-corrected chi connectivity index (χ3v) is 5.53. The van der Waals surface area contributed by atoms with Crippen LogP contribution in [0.2, 0.25) is 0 Å². The molecule has 0 aromatic carbocycles. The number of nitrogens with one attached hydrogen (secondary N) is 1. The largest absolute Gasteiger partial charge is 0.466 e. The first-order valence-electron chi connectivity index (χ1n) is 9.94. The fourth-order valence-electron chi connectivity index (χ4n) is 4.09. The Bertz CT molecular complexity index is 455. The number of esters is 1. The molecule has 3 atom stereocenters. The van der Waals surface area contributed by atoms with E-state index in [2.05, 4.69) is 34.0 Å². The maximum absolute atomic E-state index is 12.0. The SMILES string of the molecule is CCOC(=O)C1CCCN(C(=NC)NCC(C)N2CCCCC2C)C1. The molecule has 6 heteroatoms. The standard InChI is InChI=1S/C19H36N4O2/c1-5-25-18(24)17-10-8-11-22(14-17)19(20-4)21-13-16(3)23-12-7-6-9-15(23)2/h15-17H,5-14H2,1-4H3,(H,20,21). The Kier molecular flexibility index (Phi) is 8.00. The zero-order valence-electron chi connectivity index (χ0n) is 16.5. The Morgan fingerprint density at radius 2 is 2.08 bits per heavy atom. The summed E-state index contributed by atoms with van der Waals surface area (Å²) in [4.78, 5) is 21.3. The first kappa shape index (κ1) is 20.0. The Balaban J connectivity index is 1.85. The lowest BCUT2D eigenvalue weighted by atomic mass is 9.98. The van der Waals surface area contributed by atoms with Gasteiger partial charge in [-0.05, 0) is 53.0 Å². The number of carbonyl (C=O) groups excluding carboxylic acids is 1. The van der Waals surface area contributed by atoms with Crippen LogP contribution >= 0.6 is 0 Å². The topological polar surface area (TPSA) is 57.2 Å². The van der Waals surface area contributed by atoms with Crippen molar-refractivity contribution >= 4 is 11.9 Å². The summed E-state index contributed by atoms with van der Waals surface area (Å²) in [5.74, 6) is 0.801. The van der Waals surface area contributed by atoms with E-state index in [0.29, 0.717) is 25.2 Å². The fourth-order valence-corrected chi connectivity index (χ4v) is 4.09. The second kappa shape index (κ2) is 10.00. The van der Waals surface area contributed by atoms with Crippen LogP contribution in [0.15, 0.2) is 4.99 Å². The molecule has 2 aliphatic heterocycles. The van der Waals surface area contributed by atoms with Crippen molar-refractivity contribution in [2.45, 2.75) is 65.0 Å². The van der Waals surface area contributed by atoms with Gasteiger partial charge in [-0.25, -0.2) is 0 Å². The maximum atomic E-state index is 12.0. The van der Waals surface area contributed by atoms with E-state index in [1.165, 1.54) is 25.8 Å². The molecule has 2 fully saturated rings. The number of aliphatic imine (C=N–C) groups is 1. The summed E-state index contributed by atoms with van der Waals surface area (Å²) >= 11 is 0. The zero-order chi connectivity index (χ0) is 18.2. The first-order valence-corrected chi connectivity index (χ1v) is 9.94. The van der Waals surface area contributed by atoms with E-state index in [-0.39, 0.29) is 11.9 Å². The van der Waals surface area contributed by atoms with Crippen LogP contribution in [0.3, 0.4) is 0 Å². The Morgan fingerprint density at radius 1 is 1.28 bits per heavy atom. The van der Waals surface area contributed by atoms with Gasteiger partial charge >= 0.3 is 5.97 Å². The number of nitrogens with zero attached hydrogens (tertiary/aromatic N) is 3. The highest BCUT2D eigenvalue weighted by atomic mass is 16.5. The van der Waals surface area contributed by atoms with Gasteiger partial charge in [0.2, 0.25) is 0 Å². The molecule has 0 amide bonds. The highest BCUT2D eigenvalue weighted by molar-refractivity contribution is 5.81. The molecule has 3 unspecified atom stereocenters. The predicted octanol–water partition coefficient (Wildman–Crippen LogP) is 2.10. The van der Waals surface area contributed by atoms with Crippen molar-refractivity contribution in [3.8, 4) is 0 Å². The van der Waals surface area contributed by atoms with Crippen LogP contribution in [-0.4, -0.2) is 73.6 Å². The highest BCUT2D eigenvalue weighted by Crippen LogP contribution is 2.20. The number of carbonyl (C=O) groups is 1. The molecule has 2 rings (SSSR count). The van der Waals surface area contributed by atoms with Gasteiger partial charge in [0.1, 0.15) is 0 Å². The van der Waals surface area contributed by atoms with Crippen molar-refractivity contribution in [3.05, 3.63) is 0 Å². The van der Waals surface area contributed by atoms with Gasteiger partial charge in [0.05, 0.1) is 12.5 Å². The lowest BCUT2D eigenvalue weighted by Gasteiger charge is -2.39. The van der Waals surface area contributed by atoms with E-state index in [9.17, 15) is 4.79 Å². The van der Waals surface area contributed by atoms with Crippen LogP contribution in [0.1, 0.15) is 52.9 Å². The van der Waals surface area contributed by atoms with Gasteiger partial charge in [0.25, 0.3) is 0 Å². The average molecular weight is 353 g/mol. The third kappa shape index (κ3) is 5.59. The summed E-state index contributed by atoms with van der Waals surface area (Å²) in [6.45, 7) is 10.7. The molecule has 2 heterocycles. The molecule has 2 saturated heterocycles. The molecular weight excluding hydrogens is 316 g/mol. The highest BCUT2D eigenvalue weighted by Gasteiger charge is 2.29. The molecule has 6 nitrogen and oxygen atoms in total. The lowest BCUT2D eigenvalue weighted by molar-refractivity contribution is -0.149. The molecular formula is C19H36N4O2. The third-order valence-electron chi connectivity index (χ3n) is 5.53. The van der Waals surface area contributed by atoms with E-state index >= 15 is 0 Å². The zero-order valence-corrected chi connectivity index (χ0v) is 16.5. The number of hydrogen-bond acceptors (Lipinski definition) is 4. The van der Waals surface area contributed by atoms with Crippen molar-refractivity contribution in [2.24, 2.45) is 10.9 Å². The second-order valence-electron chi connectivity index (χ2n) is 7.40. The molecule has 0 bridgehead atoms. The molecule has 0 aromatic heterocycles. The Labute approximate surface area is 153 Å². The van der Waals surface area contributed by atoms with Crippen LogP contribution in [0.4, 0.5) is 0 Å². The predicted molar refractivity (Wildman–Crippen MR) is 102 cm³/mol. The Morgan fingerprint density at radius 3 is 2.76 bits per heavy atom. The van der Waals surface area contributed by atoms with Gasteiger partial charge in [-0.1, -0.05) is 6.42 Å². The minimum absolute atomic E-state index is 0.0354. The Hall–Kier alpha value is -1.30. The maximum Gasteiger partial charge on any atom is 0.310 e. The smallest absolute Gasteiger partial charge is 0.310 e. The molecule has 0 radical (unpaired) electrons. The molecule has 25 heavy (non-hydrogen) atoms. The normalized spacial score (nSPS) is 27.0. The van der Waals surface area contributed by atoms with Gasteiger partial charge in [0, 0.05) is 38.8 Å². The van der Waals surface area contributed by atoms with Crippen LogP contribution < -0.4 is 5.32 Å². The molecule has 0 aliphatic carbocycles. The van der Waals surface area contributed by atoms with Crippen molar-refractivity contribution < 1.29 is 9.53 Å². The van der Waals surface area contributed by atoms with Gasteiger partial charge in [-0.15, -0.1) is 0 Å². The quantitative estimate of drug-likeness (QED) is 0.466. The minimum Gasteiger partial charge on any atom is -0.466 e. The molecule has 0 spiro atoms.